The smallest absolute Gasteiger partial charge is 0.229 e. The van der Waals surface area contributed by atoms with E-state index in [0.29, 0.717) is 18.8 Å². The number of halogens is 1. The summed E-state index contributed by atoms with van der Waals surface area (Å²) in [6.07, 6.45) is 0.928. The average Bonchev–Trinajstić information content (AvgIpc) is 3.03. The number of hydrogen-bond acceptors (Lipinski definition) is 3. The molecule has 0 bridgehead atoms. The summed E-state index contributed by atoms with van der Waals surface area (Å²) in [5.74, 6) is -0.176. The predicted molar refractivity (Wildman–Crippen MR) is 96.4 cm³/mol. The Labute approximate surface area is 151 Å². The second-order valence-corrected chi connectivity index (χ2v) is 6.34. The molecular weight excluding hydrogens is 335 g/mol. The summed E-state index contributed by atoms with van der Waals surface area (Å²) in [4.78, 5) is 26.2. The maximum Gasteiger partial charge on any atom is 0.229 e. The van der Waals surface area contributed by atoms with Crippen LogP contribution in [0, 0.1) is 11.7 Å². The van der Waals surface area contributed by atoms with Crippen LogP contribution >= 0.6 is 0 Å². The van der Waals surface area contributed by atoms with Gasteiger partial charge in [0.2, 0.25) is 11.8 Å². The van der Waals surface area contributed by atoms with E-state index >= 15 is 0 Å². The fraction of sp³-hybridized carbons (Fsp3) is 0.300. The van der Waals surface area contributed by atoms with Gasteiger partial charge in [-0.3, -0.25) is 9.59 Å². The first-order chi connectivity index (χ1) is 12.5. The second-order valence-electron chi connectivity index (χ2n) is 6.34. The number of benzene rings is 2. The summed E-state index contributed by atoms with van der Waals surface area (Å²) in [6.45, 7) is 0.980. The quantitative estimate of drug-likeness (QED) is 0.866. The molecule has 1 fully saturated rings. The number of likely N-dealkylation sites (tertiary alicyclic amines) is 1. The highest BCUT2D eigenvalue weighted by molar-refractivity contribution is 5.97. The summed E-state index contributed by atoms with van der Waals surface area (Å²) in [5.41, 5.74) is 1.64. The van der Waals surface area contributed by atoms with Gasteiger partial charge in [0.15, 0.2) is 0 Å². The first-order valence-corrected chi connectivity index (χ1v) is 8.52. The lowest BCUT2D eigenvalue weighted by molar-refractivity contribution is -0.128. The second kappa shape index (κ2) is 7.99. The molecule has 2 aromatic rings. The van der Waals surface area contributed by atoms with E-state index in [1.807, 2.05) is 24.3 Å². The molecule has 1 N–H and O–H groups in total. The van der Waals surface area contributed by atoms with Crippen molar-refractivity contribution in [2.24, 2.45) is 5.92 Å². The molecule has 1 atom stereocenters. The highest BCUT2D eigenvalue weighted by Gasteiger charge is 2.33. The summed E-state index contributed by atoms with van der Waals surface area (Å²) < 4.78 is 18.1. The standard InChI is InChI=1S/C20H21FN2O3/c1-26-18-8-2-14(3-9-18)10-11-23-13-15(12-19(23)24)20(25)22-17-6-4-16(21)5-7-17/h2-9,15H,10-13H2,1H3,(H,22,25). The number of amides is 2. The number of nitrogens with zero attached hydrogens (tertiary/aromatic N) is 1. The normalized spacial score (nSPS) is 16.6. The van der Waals surface area contributed by atoms with Crippen molar-refractivity contribution in [2.75, 3.05) is 25.5 Å². The van der Waals surface area contributed by atoms with Crippen molar-refractivity contribution < 1.29 is 18.7 Å². The van der Waals surface area contributed by atoms with E-state index < -0.39 is 0 Å². The van der Waals surface area contributed by atoms with Gasteiger partial charge in [-0.2, -0.15) is 0 Å². The van der Waals surface area contributed by atoms with Gasteiger partial charge < -0.3 is 15.0 Å². The lowest BCUT2D eigenvalue weighted by Gasteiger charge is -2.16. The van der Waals surface area contributed by atoms with E-state index in [1.54, 1.807) is 12.0 Å². The van der Waals surface area contributed by atoms with Crippen LogP contribution in [-0.2, 0) is 16.0 Å². The molecule has 6 heteroatoms. The molecule has 0 aliphatic carbocycles. The van der Waals surface area contributed by atoms with Gasteiger partial charge in [0.05, 0.1) is 13.0 Å². The van der Waals surface area contributed by atoms with Crippen LogP contribution in [0.25, 0.3) is 0 Å². The number of anilines is 1. The molecule has 0 saturated carbocycles. The molecule has 1 heterocycles. The van der Waals surface area contributed by atoms with Gasteiger partial charge in [-0.05, 0) is 48.4 Å². The van der Waals surface area contributed by atoms with E-state index in [-0.39, 0.29) is 30.0 Å². The summed E-state index contributed by atoms with van der Waals surface area (Å²) in [5, 5.41) is 2.74. The van der Waals surface area contributed by atoms with Gasteiger partial charge in [0.25, 0.3) is 0 Å². The zero-order valence-corrected chi connectivity index (χ0v) is 14.6. The maximum atomic E-state index is 12.9. The van der Waals surface area contributed by atoms with Crippen LogP contribution in [0.5, 0.6) is 5.75 Å². The molecule has 1 aliphatic rings. The van der Waals surface area contributed by atoms with E-state index in [1.165, 1.54) is 24.3 Å². The molecule has 136 valence electrons. The van der Waals surface area contributed by atoms with Crippen LogP contribution < -0.4 is 10.1 Å². The minimum atomic E-state index is -0.386. The van der Waals surface area contributed by atoms with Gasteiger partial charge in [-0.25, -0.2) is 4.39 Å². The fourth-order valence-electron chi connectivity index (χ4n) is 3.00. The minimum Gasteiger partial charge on any atom is -0.497 e. The van der Waals surface area contributed by atoms with Crippen LogP contribution in [0.3, 0.4) is 0 Å². The SMILES string of the molecule is COc1ccc(CCN2CC(C(=O)Nc3ccc(F)cc3)CC2=O)cc1. The van der Waals surface area contributed by atoms with Crippen LogP contribution in [0.1, 0.15) is 12.0 Å². The van der Waals surface area contributed by atoms with Crippen molar-refractivity contribution in [1.29, 1.82) is 0 Å². The summed E-state index contributed by atoms with van der Waals surface area (Å²) in [7, 11) is 1.62. The summed E-state index contributed by atoms with van der Waals surface area (Å²) in [6, 6.07) is 13.3. The number of hydrogen-bond donors (Lipinski definition) is 1. The predicted octanol–water partition coefficient (Wildman–Crippen LogP) is 2.86. The van der Waals surface area contributed by atoms with Crippen molar-refractivity contribution in [3.05, 3.63) is 59.9 Å². The van der Waals surface area contributed by atoms with Crippen molar-refractivity contribution in [3.63, 3.8) is 0 Å². The monoisotopic (exact) mass is 356 g/mol. The van der Waals surface area contributed by atoms with Crippen LogP contribution in [0.4, 0.5) is 10.1 Å². The lowest BCUT2D eigenvalue weighted by Crippen LogP contribution is -2.30. The van der Waals surface area contributed by atoms with Gasteiger partial charge in [-0.1, -0.05) is 12.1 Å². The van der Waals surface area contributed by atoms with Crippen molar-refractivity contribution in [1.82, 2.24) is 4.90 Å². The minimum absolute atomic E-state index is 0.0160. The highest BCUT2D eigenvalue weighted by Crippen LogP contribution is 2.21. The Morgan fingerprint density at radius 3 is 2.54 bits per heavy atom. The van der Waals surface area contributed by atoms with Gasteiger partial charge >= 0.3 is 0 Å². The molecule has 0 radical (unpaired) electrons. The van der Waals surface area contributed by atoms with E-state index in [4.69, 9.17) is 4.74 Å². The number of nitrogens with one attached hydrogen (secondary N) is 1. The van der Waals surface area contributed by atoms with Crippen LogP contribution in [0.2, 0.25) is 0 Å². The topological polar surface area (TPSA) is 58.6 Å². The molecule has 3 rings (SSSR count). The van der Waals surface area contributed by atoms with Gasteiger partial charge in [-0.15, -0.1) is 0 Å². The number of ether oxygens (including phenoxy) is 1. The van der Waals surface area contributed by atoms with Crippen LogP contribution in [0.15, 0.2) is 48.5 Å². The maximum absolute atomic E-state index is 12.9. The molecule has 2 amide bonds. The van der Waals surface area contributed by atoms with Gasteiger partial charge in [0, 0.05) is 25.2 Å². The van der Waals surface area contributed by atoms with Crippen molar-refractivity contribution in [3.8, 4) is 5.75 Å². The Morgan fingerprint density at radius 1 is 1.19 bits per heavy atom. The Balaban J connectivity index is 1.52. The lowest BCUT2D eigenvalue weighted by atomic mass is 10.1. The zero-order chi connectivity index (χ0) is 18.5. The fourth-order valence-corrected chi connectivity index (χ4v) is 3.00. The van der Waals surface area contributed by atoms with Crippen LogP contribution in [-0.4, -0.2) is 36.9 Å². The van der Waals surface area contributed by atoms with Crippen molar-refractivity contribution in [2.45, 2.75) is 12.8 Å². The number of methoxy groups -OCH3 is 1. The molecule has 1 unspecified atom stereocenters. The van der Waals surface area contributed by atoms with E-state index in [2.05, 4.69) is 5.32 Å². The highest BCUT2D eigenvalue weighted by atomic mass is 19.1. The first-order valence-electron chi connectivity index (χ1n) is 8.52. The molecule has 1 saturated heterocycles. The Hall–Kier alpha value is -2.89. The molecule has 0 aromatic heterocycles. The first kappa shape index (κ1) is 17.9. The largest absolute Gasteiger partial charge is 0.497 e. The molecule has 1 aliphatic heterocycles. The number of rotatable bonds is 6. The number of carbonyl (C=O) groups excluding carboxylic acids is 2. The molecule has 2 aromatic carbocycles. The van der Waals surface area contributed by atoms with E-state index in [9.17, 15) is 14.0 Å². The molecule has 26 heavy (non-hydrogen) atoms. The summed E-state index contributed by atoms with van der Waals surface area (Å²) >= 11 is 0. The third-order valence-electron chi connectivity index (χ3n) is 4.53. The third kappa shape index (κ3) is 4.39. The number of carbonyl (C=O) groups is 2. The molecular formula is C20H21FN2O3. The van der Waals surface area contributed by atoms with E-state index in [0.717, 1.165) is 17.7 Å². The zero-order valence-electron chi connectivity index (χ0n) is 14.6. The Morgan fingerprint density at radius 2 is 1.88 bits per heavy atom. The molecule has 5 nitrogen and oxygen atoms in total. The average molecular weight is 356 g/mol. The third-order valence-corrected chi connectivity index (χ3v) is 4.53. The Kier molecular flexibility index (Phi) is 5.51. The molecule has 0 spiro atoms. The van der Waals surface area contributed by atoms with Gasteiger partial charge in [0.1, 0.15) is 11.6 Å². The Bertz CT molecular complexity index is 775. The van der Waals surface area contributed by atoms with Crippen molar-refractivity contribution >= 4 is 17.5 Å².